The summed E-state index contributed by atoms with van der Waals surface area (Å²) in [7, 11) is 0. The second kappa shape index (κ2) is 7.79. The highest BCUT2D eigenvalue weighted by Gasteiger charge is 2.32. The Morgan fingerprint density at radius 3 is 2.46 bits per heavy atom. The summed E-state index contributed by atoms with van der Waals surface area (Å²) in [5.41, 5.74) is 0.842. The number of nitrogens with zero attached hydrogens (tertiary/aromatic N) is 2. The molecule has 2 aliphatic heterocycles. The van der Waals surface area contributed by atoms with Gasteiger partial charge in [0.15, 0.2) is 0 Å². The Labute approximate surface area is 143 Å². The number of amides is 1. The van der Waals surface area contributed by atoms with Gasteiger partial charge in [0.1, 0.15) is 6.04 Å². The van der Waals surface area contributed by atoms with E-state index in [1.54, 1.807) is 0 Å². The lowest BCUT2D eigenvalue weighted by molar-refractivity contribution is -0.144. The van der Waals surface area contributed by atoms with Crippen LogP contribution in [0.1, 0.15) is 43.7 Å². The summed E-state index contributed by atoms with van der Waals surface area (Å²) in [5.74, 6) is -0.00393. The van der Waals surface area contributed by atoms with E-state index in [4.69, 9.17) is 0 Å². The third-order valence-electron chi connectivity index (χ3n) is 5.26. The second-order valence-electron chi connectivity index (χ2n) is 6.93. The Morgan fingerprint density at radius 1 is 1.12 bits per heavy atom. The van der Waals surface area contributed by atoms with Crippen LogP contribution in [-0.2, 0) is 9.59 Å². The molecule has 1 atom stereocenters. The fourth-order valence-electron chi connectivity index (χ4n) is 3.91. The summed E-state index contributed by atoms with van der Waals surface area (Å²) in [4.78, 5) is 27.8. The maximum absolute atomic E-state index is 12.0. The Hall–Kier alpha value is -1.88. The molecule has 24 heavy (non-hydrogen) atoms. The van der Waals surface area contributed by atoms with E-state index in [1.165, 1.54) is 0 Å². The molecule has 2 fully saturated rings. The van der Waals surface area contributed by atoms with Crippen LogP contribution < -0.4 is 0 Å². The minimum atomic E-state index is -0.786. The average Bonchev–Trinajstić information content (AvgIpc) is 2.59. The zero-order valence-corrected chi connectivity index (χ0v) is 14.1. The van der Waals surface area contributed by atoms with Crippen LogP contribution in [0, 0.1) is 5.92 Å². The summed E-state index contributed by atoms with van der Waals surface area (Å²) in [6.45, 7) is 3.29. The average molecular weight is 330 g/mol. The fraction of sp³-hybridized carbons (Fsp3) is 0.579. The monoisotopic (exact) mass is 330 g/mol. The van der Waals surface area contributed by atoms with Gasteiger partial charge in [-0.1, -0.05) is 30.3 Å². The van der Waals surface area contributed by atoms with Gasteiger partial charge in [0.25, 0.3) is 0 Å². The van der Waals surface area contributed by atoms with E-state index in [2.05, 4.69) is 4.90 Å². The van der Waals surface area contributed by atoms with Crippen LogP contribution in [-0.4, -0.2) is 53.0 Å². The standard InChI is InChI=1S/C19H26N2O3/c22-17-8-4-5-11-21(17)14-15-9-12-20(13-10-15)18(19(23)24)16-6-2-1-3-7-16/h1-3,6-7,15,18H,4-5,8-14H2,(H,23,24). The third kappa shape index (κ3) is 3.96. The lowest BCUT2D eigenvalue weighted by Crippen LogP contribution is -2.44. The Kier molecular flexibility index (Phi) is 5.51. The minimum Gasteiger partial charge on any atom is -0.480 e. The van der Waals surface area contributed by atoms with Crippen LogP contribution in [0.5, 0.6) is 0 Å². The topological polar surface area (TPSA) is 60.9 Å². The van der Waals surface area contributed by atoms with E-state index in [1.807, 2.05) is 35.2 Å². The van der Waals surface area contributed by atoms with Crippen molar-refractivity contribution in [2.45, 2.75) is 38.1 Å². The number of hydrogen-bond acceptors (Lipinski definition) is 3. The predicted octanol–water partition coefficient (Wildman–Crippen LogP) is 2.54. The van der Waals surface area contributed by atoms with Crippen molar-refractivity contribution in [2.75, 3.05) is 26.2 Å². The zero-order valence-electron chi connectivity index (χ0n) is 14.1. The minimum absolute atomic E-state index is 0.288. The van der Waals surface area contributed by atoms with Crippen molar-refractivity contribution in [3.63, 3.8) is 0 Å². The van der Waals surface area contributed by atoms with Crippen molar-refractivity contribution < 1.29 is 14.7 Å². The smallest absolute Gasteiger partial charge is 0.325 e. The van der Waals surface area contributed by atoms with E-state index < -0.39 is 12.0 Å². The molecule has 5 nitrogen and oxygen atoms in total. The van der Waals surface area contributed by atoms with Gasteiger partial charge in [-0.3, -0.25) is 14.5 Å². The molecule has 2 heterocycles. The van der Waals surface area contributed by atoms with Gasteiger partial charge in [0.05, 0.1) is 0 Å². The molecule has 3 rings (SSSR count). The Bertz CT molecular complexity index is 567. The number of piperidine rings is 2. The Balaban J connectivity index is 1.57. The van der Waals surface area contributed by atoms with Crippen molar-refractivity contribution in [1.29, 1.82) is 0 Å². The first-order chi connectivity index (χ1) is 11.6. The largest absolute Gasteiger partial charge is 0.480 e. The molecule has 0 aromatic heterocycles. The van der Waals surface area contributed by atoms with Gasteiger partial charge in [-0.25, -0.2) is 0 Å². The van der Waals surface area contributed by atoms with Crippen molar-refractivity contribution in [1.82, 2.24) is 9.80 Å². The number of carbonyl (C=O) groups excluding carboxylic acids is 1. The molecule has 2 saturated heterocycles. The van der Waals surface area contributed by atoms with Gasteiger partial charge >= 0.3 is 5.97 Å². The predicted molar refractivity (Wildman–Crippen MR) is 91.5 cm³/mol. The number of rotatable bonds is 5. The van der Waals surface area contributed by atoms with E-state index in [9.17, 15) is 14.7 Å². The van der Waals surface area contributed by atoms with Gasteiger partial charge in [0, 0.05) is 19.5 Å². The number of carboxylic acid groups (broad SMARTS) is 1. The first-order valence-electron chi connectivity index (χ1n) is 8.94. The molecule has 1 unspecified atom stereocenters. The molecule has 0 saturated carbocycles. The number of carboxylic acids is 1. The molecule has 1 N–H and O–H groups in total. The molecule has 0 aliphatic carbocycles. The number of hydrogen-bond donors (Lipinski definition) is 1. The van der Waals surface area contributed by atoms with E-state index in [0.717, 1.165) is 57.4 Å². The SMILES string of the molecule is O=C(O)C(c1ccccc1)N1CCC(CN2CCCCC2=O)CC1. The molecule has 0 spiro atoms. The molecule has 0 bridgehead atoms. The maximum atomic E-state index is 12.0. The van der Waals surface area contributed by atoms with Crippen molar-refractivity contribution in [2.24, 2.45) is 5.92 Å². The van der Waals surface area contributed by atoms with Crippen LogP contribution in [0.3, 0.4) is 0 Å². The highest BCUT2D eigenvalue weighted by atomic mass is 16.4. The quantitative estimate of drug-likeness (QED) is 0.901. The molecule has 2 aliphatic rings. The van der Waals surface area contributed by atoms with E-state index in [0.29, 0.717) is 12.3 Å². The maximum Gasteiger partial charge on any atom is 0.325 e. The van der Waals surface area contributed by atoms with Crippen molar-refractivity contribution in [3.05, 3.63) is 35.9 Å². The first kappa shape index (κ1) is 17.0. The molecular formula is C19H26N2O3. The van der Waals surface area contributed by atoms with Gasteiger partial charge in [-0.05, 0) is 50.3 Å². The number of carbonyl (C=O) groups is 2. The molecule has 1 amide bonds. The molecule has 130 valence electrons. The summed E-state index contributed by atoms with van der Waals surface area (Å²) in [6, 6.07) is 8.89. The highest BCUT2D eigenvalue weighted by molar-refractivity contribution is 5.77. The number of aliphatic carboxylic acids is 1. The van der Waals surface area contributed by atoms with Crippen LogP contribution in [0.25, 0.3) is 0 Å². The summed E-state index contributed by atoms with van der Waals surface area (Å²) < 4.78 is 0. The second-order valence-corrected chi connectivity index (χ2v) is 6.93. The molecule has 1 aromatic rings. The van der Waals surface area contributed by atoms with E-state index >= 15 is 0 Å². The van der Waals surface area contributed by atoms with Gasteiger partial charge in [0.2, 0.25) is 5.91 Å². The highest BCUT2D eigenvalue weighted by Crippen LogP contribution is 2.28. The van der Waals surface area contributed by atoms with E-state index in [-0.39, 0.29) is 5.91 Å². The van der Waals surface area contributed by atoms with Gasteiger partial charge in [-0.15, -0.1) is 0 Å². The summed E-state index contributed by atoms with van der Waals surface area (Å²) in [6.07, 6.45) is 4.74. The normalized spacial score (nSPS) is 21.7. The van der Waals surface area contributed by atoms with Crippen molar-refractivity contribution in [3.8, 4) is 0 Å². The summed E-state index contributed by atoms with van der Waals surface area (Å²) in [5, 5.41) is 9.65. The lowest BCUT2D eigenvalue weighted by atomic mass is 9.93. The van der Waals surface area contributed by atoms with Gasteiger partial charge < -0.3 is 10.0 Å². The molecular weight excluding hydrogens is 304 g/mol. The van der Waals surface area contributed by atoms with Gasteiger partial charge in [-0.2, -0.15) is 0 Å². The zero-order chi connectivity index (χ0) is 16.9. The van der Waals surface area contributed by atoms with Crippen LogP contribution in [0.4, 0.5) is 0 Å². The van der Waals surface area contributed by atoms with Crippen molar-refractivity contribution >= 4 is 11.9 Å². The molecule has 1 aromatic carbocycles. The fourth-order valence-corrected chi connectivity index (χ4v) is 3.91. The number of likely N-dealkylation sites (tertiary alicyclic amines) is 2. The molecule has 0 radical (unpaired) electrons. The molecule has 5 heteroatoms. The summed E-state index contributed by atoms with van der Waals surface area (Å²) >= 11 is 0. The lowest BCUT2D eigenvalue weighted by Gasteiger charge is -2.38. The van der Waals surface area contributed by atoms with Crippen LogP contribution >= 0.6 is 0 Å². The van der Waals surface area contributed by atoms with Crippen LogP contribution in [0.2, 0.25) is 0 Å². The first-order valence-corrected chi connectivity index (χ1v) is 8.94. The Morgan fingerprint density at radius 2 is 1.83 bits per heavy atom. The number of benzene rings is 1. The third-order valence-corrected chi connectivity index (χ3v) is 5.26. The van der Waals surface area contributed by atoms with Crippen LogP contribution in [0.15, 0.2) is 30.3 Å².